The fourth-order valence-electron chi connectivity index (χ4n) is 2.76. The van der Waals surface area contributed by atoms with Crippen LogP contribution < -0.4 is 5.32 Å². The topological polar surface area (TPSA) is 49.4 Å². The lowest BCUT2D eigenvalue weighted by atomic mass is 10.0. The van der Waals surface area contributed by atoms with Crippen LogP contribution in [-0.4, -0.2) is 23.8 Å². The summed E-state index contributed by atoms with van der Waals surface area (Å²) < 4.78 is 0. The van der Waals surface area contributed by atoms with Gasteiger partial charge >= 0.3 is 0 Å². The van der Waals surface area contributed by atoms with E-state index >= 15 is 0 Å². The van der Waals surface area contributed by atoms with Gasteiger partial charge in [-0.25, -0.2) is 0 Å². The Morgan fingerprint density at radius 1 is 1.04 bits per heavy atom. The van der Waals surface area contributed by atoms with Gasteiger partial charge in [0.2, 0.25) is 11.8 Å². The van der Waals surface area contributed by atoms with Gasteiger partial charge in [-0.15, -0.1) is 0 Å². The number of benzene rings is 2. The van der Waals surface area contributed by atoms with E-state index in [1.165, 1.54) is 12.5 Å². The number of carbonyl (C=O) groups is 2. The van der Waals surface area contributed by atoms with Crippen molar-refractivity contribution in [3.05, 3.63) is 70.8 Å². The fourth-order valence-corrected chi connectivity index (χ4v) is 2.76. The van der Waals surface area contributed by atoms with Gasteiger partial charge in [0.05, 0.1) is 12.5 Å². The predicted octanol–water partition coefficient (Wildman–Crippen LogP) is 3.53. The number of nitrogens with zero attached hydrogens (tertiary/aromatic N) is 1. The summed E-state index contributed by atoms with van der Waals surface area (Å²) in [6.45, 7) is 6.09. The van der Waals surface area contributed by atoms with Crippen LogP contribution in [0.1, 0.15) is 41.6 Å². The lowest BCUT2D eigenvalue weighted by Crippen LogP contribution is -2.33. The van der Waals surface area contributed by atoms with Crippen molar-refractivity contribution in [3.63, 3.8) is 0 Å². The predicted molar refractivity (Wildman–Crippen MR) is 100 cm³/mol. The molecule has 0 spiro atoms. The van der Waals surface area contributed by atoms with Gasteiger partial charge in [-0.05, 0) is 30.5 Å². The highest BCUT2D eigenvalue weighted by Gasteiger charge is 2.20. The summed E-state index contributed by atoms with van der Waals surface area (Å²) in [4.78, 5) is 25.9. The molecule has 0 saturated carbocycles. The minimum atomic E-state index is -0.315. The maximum absolute atomic E-state index is 12.7. The van der Waals surface area contributed by atoms with E-state index in [1.54, 1.807) is 11.9 Å². The Hall–Kier alpha value is -2.62. The van der Waals surface area contributed by atoms with Gasteiger partial charge in [-0.1, -0.05) is 54.1 Å². The average molecular weight is 338 g/mol. The zero-order valence-corrected chi connectivity index (χ0v) is 15.4. The molecular weight excluding hydrogens is 312 g/mol. The van der Waals surface area contributed by atoms with E-state index in [0.717, 1.165) is 16.7 Å². The molecule has 2 rings (SSSR count). The van der Waals surface area contributed by atoms with Crippen LogP contribution in [-0.2, 0) is 16.1 Å². The molecule has 4 nitrogen and oxygen atoms in total. The van der Waals surface area contributed by atoms with Crippen LogP contribution in [0.4, 0.5) is 0 Å². The summed E-state index contributed by atoms with van der Waals surface area (Å²) in [5.41, 5.74) is 4.38. The second-order valence-corrected chi connectivity index (χ2v) is 6.54. The standard InChI is InChI=1S/C21H26N2O2/c1-15-9-11-18(12-10-15)20(22-17(3)24)13-21(25)23(4)14-19-8-6-5-7-16(19)2/h5-12,20H,13-14H2,1-4H3,(H,22,24)/t20-/m0/s1. The van der Waals surface area contributed by atoms with Crippen LogP contribution >= 0.6 is 0 Å². The Bertz CT molecular complexity index is 738. The van der Waals surface area contributed by atoms with E-state index in [-0.39, 0.29) is 24.3 Å². The van der Waals surface area contributed by atoms with Crippen molar-refractivity contribution in [2.45, 2.75) is 39.8 Å². The molecule has 0 radical (unpaired) electrons. The lowest BCUT2D eigenvalue weighted by Gasteiger charge is -2.23. The Labute approximate surface area is 149 Å². The van der Waals surface area contributed by atoms with Crippen LogP contribution in [0.3, 0.4) is 0 Å². The van der Waals surface area contributed by atoms with Gasteiger partial charge in [-0.3, -0.25) is 9.59 Å². The van der Waals surface area contributed by atoms with Crippen molar-refractivity contribution < 1.29 is 9.59 Å². The van der Waals surface area contributed by atoms with Crippen molar-refractivity contribution >= 4 is 11.8 Å². The summed E-state index contributed by atoms with van der Waals surface area (Å²) in [6, 6.07) is 15.6. The van der Waals surface area contributed by atoms with Crippen molar-refractivity contribution in [3.8, 4) is 0 Å². The Kier molecular flexibility index (Phi) is 6.34. The second-order valence-electron chi connectivity index (χ2n) is 6.54. The highest BCUT2D eigenvalue weighted by Crippen LogP contribution is 2.19. The molecule has 0 fully saturated rings. The lowest BCUT2D eigenvalue weighted by molar-refractivity contribution is -0.131. The van der Waals surface area contributed by atoms with E-state index in [9.17, 15) is 9.59 Å². The summed E-state index contributed by atoms with van der Waals surface area (Å²) in [5.74, 6) is -0.137. The molecule has 25 heavy (non-hydrogen) atoms. The van der Waals surface area contributed by atoms with Crippen LogP contribution in [0.25, 0.3) is 0 Å². The van der Waals surface area contributed by atoms with Crippen molar-refractivity contribution in [1.82, 2.24) is 10.2 Å². The molecule has 1 atom stereocenters. The van der Waals surface area contributed by atoms with Gasteiger partial charge in [0, 0.05) is 20.5 Å². The zero-order chi connectivity index (χ0) is 18.4. The van der Waals surface area contributed by atoms with Gasteiger partial charge in [0.25, 0.3) is 0 Å². The molecule has 2 aromatic carbocycles. The third-order valence-corrected chi connectivity index (χ3v) is 4.33. The summed E-state index contributed by atoms with van der Waals surface area (Å²) >= 11 is 0. The van der Waals surface area contributed by atoms with Gasteiger partial charge in [0.15, 0.2) is 0 Å². The minimum absolute atomic E-state index is 0.00239. The minimum Gasteiger partial charge on any atom is -0.349 e. The average Bonchev–Trinajstić information content (AvgIpc) is 2.56. The molecule has 0 saturated heterocycles. The number of nitrogens with one attached hydrogen (secondary N) is 1. The maximum atomic E-state index is 12.7. The smallest absolute Gasteiger partial charge is 0.225 e. The first kappa shape index (κ1) is 18.7. The molecule has 2 aromatic rings. The normalized spacial score (nSPS) is 11.7. The van der Waals surface area contributed by atoms with E-state index < -0.39 is 0 Å². The number of aryl methyl sites for hydroxylation is 2. The fraction of sp³-hybridized carbons (Fsp3) is 0.333. The monoisotopic (exact) mass is 338 g/mol. The zero-order valence-electron chi connectivity index (χ0n) is 15.4. The van der Waals surface area contributed by atoms with Gasteiger partial charge in [-0.2, -0.15) is 0 Å². The molecule has 0 aliphatic rings. The summed E-state index contributed by atoms with van der Waals surface area (Å²) in [5, 5.41) is 2.89. The number of amides is 2. The third kappa shape index (κ3) is 5.45. The third-order valence-electron chi connectivity index (χ3n) is 4.33. The van der Waals surface area contributed by atoms with Crippen molar-refractivity contribution in [2.75, 3.05) is 7.05 Å². The second kappa shape index (κ2) is 8.47. The molecule has 1 N–H and O–H groups in total. The van der Waals surface area contributed by atoms with Crippen molar-refractivity contribution in [1.29, 1.82) is 0 Å². The maximum Gasteiger partial charge on any atom is 0.225 e. The number of carbonyl (C=O) groups excluding carboxylic acids is 2. The van der Waals surface area contributed by atoms with E-state index in [2.05, 4.69) is 5.32 Å². The van der Waals surface area contributed by atoms with Gasteiger partial charge < -0.3 is 10.2 Å². The highest BCUT2D eigenvalue weighted by molar-refractivity contribution is 5.79. The van der Waals surface area contributed by atoms with Crippen molar-refractivity contribution in [2.24, 2.45) is 0 Å². The SMILES string of the molecule is CC(=O)N[C@@H](CC(=O)N(C)Cc1ccccc1C)c1ccc(C)cc1. The Balaban J connectivity index is 2.09. The summed E-state index contributed by atoms with van der Waals surface area (Å²) in [6.07, 6.45) is 0.241. The van der Waals surface area contributed by atoms with E-state index in [4.69, 9.17) is 0 Å². The Morgan fingerprint density at radius 2 is 1.68 bits per heavy atom. The van der Waals surface area contributed by atoms with Crippen LogP contribution in [0, 0.1) is 13.8 Å². The molecule has 132 valence electrons. The quantitative estimate of drug-likeness (QED) is 0.876. The first-order chi connectivity index (χ1) is 11.9. The van der Waals surface area contributed by atoms with Gasteiger partial charge in [0.1, 0.15) is 0 Å². The molecule has 0 aromatic heterocycles. The molecule has 0 unspecified atom stereocenters. The Morgan fingerprint density at radius 3 is 2.28 bits per heavy atom. The van der Waals surface area contributed by atoms with E-state index in [1.807, 2.05) is 62.4 Å². The molecule has 0 bridgehead atoms. The number of rotatable bonds is 6. The van der Waals surface area contributed by atoms with Crippen LogP contribution in [0.5, 0.6) is 0 Å². The highest BCUT2D eigenvalue weighted by atomic mass is 16.2. The molecule has 0 aliphatic heterocycles. The summed E-state index contributed by atoms with van der Waals surface area (Å²) in [7, 11) is 1.80. The van der Waals surface area contributed by atoms with Crippen LogP contribution in [0.2, 0.25) is 0 Å². The largest absolute Gasteiger partial charge is 0.349 e. The van der Waals surface area contributed by atoms with Crippen LogP contribution in [0.15, 0.2) is 48.5 Å². The number of hydrogen-bond donors (Lipinski definition) is 1. The number of hydrogen-bond acceptors (Lipinski definition) is 2. The first-order valence-corrected chi connectivity index (χ1v) is 8.49. The molecule has 0 aliphatic carbocycles. The van der Waals surface area contributed by atoms with E-state index in [0.29, 0.717) is 6.54 Å². The molecular formula is C21H26N2O2. The molecule has 2 amide bonds. The first-order valence-electron chi connectivity index (χ1n) is 8.49. The molecule has 4 heteroatoms. The molecule has 0 heterocycles.